The molecule has 9 heteroatoms. The van der Waals surface area contributed by atoms with Gasteiger partial charge in [-0.05, 0) is 44.9 Å². The first-order chi connectivity index (χ1) is 32.5. The molecule has 1 amide bonds. The summed E-state index contributed by atoms with van der Waals surface area (Å²) < 4.78 is 23.4. The van der Waals surface area contributed by atoms with Gasteiger partial charge in [0.25, 0.3) is 7.82 Å². The highest BCUT2D eigenvalue weighted by molar-refractivity contribution is 7.45. The highest BCUT2D eigenvalue weighted by Crippen LogP contribution is 2.38. The maximum Gasteiger partial charge on any atom is 0.268 e. The summed E-state index contributed by atoms with van der Waals surface area (Å²) in [5, 5.41) is 14.0. The van der Waals surface area contributed by atoms with Crippen LogP contribution in [0.1, 0.15) is 290 Å². The van der Waals surface area contributed by atoms with Crippen molar-refractivity contribution in [2.75, 3.05) is 40.9 Å². The van der Waals surface area contributed by atoms with Crippen molar-refractivity contribution in [3.63, 3.8) is 0 Å². The minimum Gasteiger partial charge on any atom is -0.756 e. The molecule has 0 aliphatic rings. The molecule has 67 heavy (non-hydrogen) atoms. The fourth-order valence-electron chi connectivity index (χ4n) is 8.84. The van der Waals surface area contributed by atoms with Crippen molar-refractivity contribution in [1.29, 1.82) is 0 Å². The first-order valence-electron chi connectivity index (χ1n) is 29.2. The molecule has 0 bridgehead atoms. The van der Waals surface area contributed by atoms with E-state index in [1.54, 1.807) is 0 Å². The average molecular weight is 968 g/mol. The molecule has 8 nitrogen and oxygen atoms in total. The second-order valence-electron chi connectivity index (χ2n) is 21.4. The molecule has 0 rings (SSSR count). The number of hydrogen-bond acceptors (Lipinski definition) is 6. The topological polar surface area (TPSA) is 108 Å². The zero-order chi connectivity index (χ0) is 49.2. The van der Waals surface area contributed by atoms with Crippen LogP contribution in [0.15, 0.2) is 24.3 Å². The van der Waals surface area contributed by atoms with Crippen molar-refractivity contribution >= 4 is 13.7 Å². The van der Waals surface area contributed by atoms with Gasteiger partial charge in [-0.1, -0.05) is 263 Å². The minimum atomic E-state index is -4.57. The van der Waals surface area contributed by atoms with Crippen LogP contribution in [0.3, 0.4) is 0 Å². The van der Waals surface area contributed by atoms with Gasteiger partial charge in [-0.25, -0.2) is 0 Å². The number of aliphatic hydroxyl groups is 1. The molecule has 0 aromatic carbocycles. The van der Waals surface area contributed by atoms with Crippen LogP contribution in [-0.4, -0.2) is 68.5 Å². The van der Waals surface area contributed by atoms with E-state index in [2.05, 4.69) is 43.5 Å². The lowest BCUT2D eigenvalue weighted by Gasteiger charge is -2.30. The van der Waals surface area contributed by atoms with Gasteiger partial charge >= 0.3 is 0 Å². The zero-order valence-corrected chi connectivity index (χ0v) is 46.3. The molecule has 0 saturated heterocycles. The molecule has 0 heterocycles. The van der Waals surface area contributed by atoms with Crippen LogP contribution in [-0.2, 0) is 18.4 Å². The third-order valence-electron chi connectivity index (χ3n) is 13.4. The molecular formula is C58H115N2O6P. The summed E-state index contributed by atoms with van der Waals surface area (Å²) in [6, 6.07) is -0.804. The Morgan fingerprint density at radius 3 is 1.24 bits per heavy atom. The van der Waals surface area contributed by atoms with Crippen LogP contribution in [0, 0.1) is 0 Å². The number of quaternary nitrogens is 1. The number of nitrogens with one attached hydrogen (secondary N) is 1. The van der Waals surface area contributed by atoms with E-state index in [1.165, 1.54) is 212 Å². The molecule has 0 spiro atoms. The molecule has 0 saturated carbocycles. The van der Waals surface area contributed by atoms with Crippen LogP contribution in [0.4, 0.5) is 0 Å². The Kier molecular flexibility index (Phi) is 49.2. The first kappa shape index (κ1) is 66.0. The summed E-state index contributed by atoms with van der Waals surface area (Å²) >= 11 is 0. The van der Waals surface area contributed by atoms with E-state index in [4.69, 9.17) is 9.05 Å². The Bertz CT molecular complexity index is 1140. The number of likely N-dealkylation sites (N-methyl/N-ethyl adjacent to an activating group) is 1. The fraction of sp³-hybridized carbons (Fsp3) is 0.914. The molecule has 3 unspecified atom stereocenters. The first-order valence-corrected chi connectivity index (χ1v) is 30.6. The Morgan fingerprint density at radius 1 is 0.522 bits per heavy atom. The van der Waals surface area contributed by atoms with E-state index in [-0.39, 0.29) is 19.1 Å². The van der Waals surface area contributed by atoms with Gasteiger partial charge in [-0.3, -0.25) is 9.36 Å². The lowest BCUT2D eigenvalue weighted by atomic mass is 10.0. The third-order valence-corrected chi connectivity index (χ3v) is 14.4. The Hall–Kier alpha value is -1.02. The fourth-order valence-corrected chi connectivity index (χ4v) is 9.56. The van der Waals surface area contributed by atoms with E-state index in [0.717, 1.165) is 51.4 Å². The Labute approximate surface area is 417 Å². The van der Waals surface area contributed by atoms with Gasteiger partial charge in [0.2, 0.25) is 5.91 Å². The second-order valence-corrected chi connectivity index (χ2v) is 22.8. The van der Waals surface area contributed by atoms with Gasteiger partial charge in [-0.15, -0.1) is 0 Å². The van der Waals surface area contributed by atoms with Crippen molar-refractivity contribution in [1.82, 2.24) is 5.32 Å². The van der Waals surface area contributed by atoms with Crippen LogP contribution in [0.5, 0.6) is 0 Å². The molecule has 398 valence electrons. The number of allylic oxidation sites excluding steroid dienone is 4. The summed E-state index contributed by atoms with van der Waals surface area (Å²) in [6.07, 6.45) is 62.1. The van der Waals surface area contributed by atoms with E-state index in [1.807, 2.05) is 21.1 Å². The normalized spacial score (nSPS) is 14.1. The Morgan fingerprint density at radius 2 is 0.866 bits per heavy atom. The van der Waals surface area contributed by atoms with Gasteiger partial charge < -0.3 is 28.8 Å². The van der Waals surface area contributed by atoms with Gasteiger partial charge in [0.1, 0.15) is 13.2 Å². The minimum absolute atomic E-state index is 0.0116. The van der Waals surface area contributed by atoms with Crippen molar-refractivity contribution in [2.24, 2.45) is 0 Å². The molecule has 2 N–H and O–H groups in total. The monoisotopic (exact) mass is 967 g/mol. The van der Waals surface area contributed by atoms with Crippen LogP contribution in [0.25, 0.3) is 0 Å². The van der Waals surface area contributed by atoms with Crippen molar-refractivity contribution in [3.05, 3.63) is 24.3 Å². The number of rotatable bonds is 54. The van der Waals surface area contributed by atoms with E-state index >= 15 is 0 Å². The maximum absolute atomic E-state index is 13.0. The molecule has 0 aliphatic carbocycles. The Balaban J connectivity index is 4.18. The summed E-state index contributed by atoms with van der Waals surface area (Å²) in [5.41, 5.74) is 0. The number of phosphoric acid groups is 1. The van der Waals surface area contributed by atoms with Crippen molar-refractivity contribution in [3.8, 4) is 0 Å². The van der Waals surface area contributed by atoms with E-state index in [9.17, 15) is 19.4 Å². The summed E-state index contributed by atoms with van der Waals surface area (Å²) in [4.78, 5) is 25.5. The number of amides is 1. The average Bonchev–Trinajstić information content (AvgIpc) is 3.29. The standard InChI is InChI=1S/C58H115N2O6P/c1-6-8-10-12-14-16-18-20-22-24-26-28-30-32-34-36-38-40-42-44-46-48-50-52-58(62)59-56(55-66-67(63,64)65-54-53-60(3,4)5)57(61)51-49-47-45-43-41-39-37-35-33-31-29-27-25-23-21-19-17-15-13-11-9-7-2/h26,28,32,34,56-57,61H,6-25,27,29-31,33,35-55H2,1-5H3,(H-,59,62,63,64)/b28-26-,34-32-. The SMILES string of the molecule is CCCCCCCCCCC/C=C\C/C=C\CCCCCCCCCC(=O)NC(COP(=O)([O-])OCC[N+](C)(C)C)C(O)CCCCCCCCCCCCCCCCCCCCCCCC. The number of nitrogens with zero attached hydrogens (tertiary/aromatic N) is 1. The predicted molar refractivity (Wildman–Crippen MR) is 289 cm³/mol. The highest BCUT2D eigenvalue weighted by Gasteiger charge is 2.24. The third kappa shape index (κ3) is 52.6. The molecule has 0 radical (unpaired) electrons. The van der Waals surface area contributed by atoms with Crippen LogP contribution < -0.4 is 10.2 Å². The van der Waals surface area contributed by atoms with Gasteiger partial charge in [-0.2, -0.15) is 0 Å². The number of unbranched alkanes of at least 4 members (excludes halogenated alkanes) is 37. The zero-order valence-electron chi connectivity index (χ0n) is 45.4. The largest absolute Gasteiger partial charge is 0.756 e. The van der Waals surface area contributed by atoms with Gasteiger partial charge in [0, 0.05) is 6.42 Å². The number of hydrogen-bond donors (Lipinski definition) is 2. The van der Waals surface area contributed by atoms with Gasteiger partial charge in [0.15, 0.2) is 0 Å². The summed E-state index contributed by atoms with van der Waals surface area (Å²) in [6.45, 7) is 4.76. The molecule has 0 fully saturated rings. The number of phosphoric ester groups is 1. The van der Waals surface area contributed by atoms with Crippen molar-refractivity contribution in [2.45, 2.75) is 302 Å². The van der Waals surface area contributed by atoms with Crippen LogP contribution >= 0.6 is 7.82 Å². The molecule has 3 atom stereocenters. The van der Waals surface area contributed by atoms with Crippen molar-refractivity contribution < 1.29 is 32.9 Å². The van der Waals surface area contributed by atoms with Crippen LogP contribution in [0.2, 0.25) is 0 Å². The lowest BCUT2D eigenvalue weighted by molar-refractivity contribution is -0.870. The number of aliphatic hydroxyl groups excluding tert-OH is 1. The van der Waals surface area contributed by atoms with E-state index in [0.29, 0.717) is 23.9 Å². The summed E-state index contributed by atoms with van der Waals surface area (Å²) in [5.74, 6) is -0.168. The maximum atomic E-state index is 13.0. The molecular weight excluding hydrogens is 852 g/mol. The highest BCUT2D eigenvalue weighted by atomic mass is 31.2. The quantitative estimate of drug-likeness (QED) is 0.0272. The predicted octanol–water partition coefficient (Wildman–Crippen LogP) is 17.0. The molecule has 0 aromatic heterocycles. The smallest absolute Gasteiger partial charge is 0.268 e. The lowest BCUT2D eigenvalue weighted by Crippen LogP contribution is -2.46. The number of carbonyl (C=O) groups is 1. The number of carbonyl (C=O) groups excluding carboxylic acids is 1. The molecule has 0 aromatic rings. The summed E-state index contributed by atoms with van der Waals surface area (Å²) in [7, 11) is 1.31. The molecule has 0 aliphatic heterocycles. The second kappa shape index (κ2) is 49.9. The van der Waals surface area contributed by atoms with Gasteiger partial charge in [0.05, 0.1) is 39.9 Å². The van der Waals surface area contributed by atoms with E-state index < -0.39 is 20.0 Å².